The molecule has 1 fully saturated rings. The van der Waals surface area contributed by atoms with Gasteiger partial charge in [-0.15, -0.1) is 0 Å². The molecule has 0 aliphatic heterocycles. The van der Waals surface area contributed by atoms with Gasteiger partial charge in [0.05, 0.1) is 12.1 Å². The smallest absolute Gasteiger partial charge is 0.407 e. The minimum atomic E-state index is -1.23. The minimum absolute atomic E-state index is 0.332. The van der Waals surface area contributed by atoms with Crippen molar-refractivity contribution in [1.29, 1.82) is 0 Å². The van der Waals surface area contributed by atoms with Crippen LogP contribution in [0.2, 0.25) is 0 Å². The minimum Gasteiger partial charge on any atom is -0.444 e. The predicted molar refractivity (Wildman–Crippen MR) is 60.4 cm³/mol. The number of hydrogen-bond donors (Lipinski definition) is 4. The Morgan fingerprint density at radius 1 is 1.18 bits per heavy atom. The zero-order valence-corrected chi connectivity index (χ0v) is 10.4. The summed E-state index contributed by atoms with van der Waals surface area (Å²) in [6, 6.07) is -0.594. The maximum absolute atomic E-state index is 11.5. The summed E-state index contributed by atoms with van der Waals surface area (Å²) in [5, 5.41) is 31.0. The third-order valence-electron chi connectivity index (χ3n) is 2.63. The van der Waals surface area contributed by atoms with E-state index in [0.717, 1.165) is 0 Å². The molecule has 0 saturated heterocycles. The van der Waals surface area contributed by atoms with Crippen LogP contribution in [0.4, 0.5) is 4.79 Å². The van der Waals surface area contributed by atoms with Crippen LogP contribution in [0.5, 0.6) is 0 Å². The topological polar surface area (TPSA) is 99.0 Å². The van der Waals surface area contributed by atoms with E-state index >= 15 is 0 Å². The van der Waals surface area contributed by atoms with Gasteiger partial charge in [0.15, 0.2) is 0 Å². The second kappa shape index (κ2) is 5.20. The molecule has 4 atom stereocenters. The molecule has 0 aromatic heterocycles. The number of hydrogen-bond acceptors (Lipinski definition) is 5. The lowest BCUT2D eigenvalue weighted by Crippen LogP contribution is -2.56. The average Bonchev–Trinajstić information content (AvgIpc) is 2.16. The van der Waals surface area contributed by atoms with Crippen molar-refractivity contribution in [3.63, 3.8) is 0 Å². The first-order chi connectivity index (χ1) is 7.70. The molecule has 0 spiro atoms. The van der Waals surface area contributed by atoms with E-state index in [0.29, 0.717) is 12.8 Å². The van der Waals surface area contributed by atoms with E-state index < -0.39 is 36.0 Å². The Labute approximate surface area is 101 Å². The number of rotatable bonds is 1. The van der Waals surface area contributed by atoms with Gasteiger partial charge in [-0.25, -0.2) is 4.79 Å². The average molecular weight is 247 g/mol. The molecule has 1 saturated carbocycles. The fourth-order valence-electron chi connectivity index (χ4n) is 1.77. The number of carbonyl (C=O) groups is 1. The molecule has 0 heterocycles. The molecule has 1 rings (SSSR count). The van der Waals surface area contributed by atoms with Gasteiger partial charge < -0.3 is 25.4 Å². The zero-order chi connectivity index (χ0) is 13.2. The first-order valence-electron chi connectivity index (χ1n) is 5.74. The lowest BCUT2D eigenvalue weighted by atomic mass is 9.88. The highest BCUT2D eigenvalue weighted by Crippen LogP contribution is 2.20. The summed E-state index contributed by atoms with van der Waals surface area (Å²) < 4.78 is 5.05. The monoisotopic (exact) mass is 247 g/mol. The summed E-state index contributed by atoms with van der Waals surface area (Å²) >= 11 is 0. The Balaban J connectivity index is 2.49. The molecule has 100 valence electrons. The number of ether oxygens (including phenoxy) is 1. The normalized spacial score (nSPS) is 34.2. The maximum atomic E-state index is 11.5. The fraction of sp³-hybridized carbons (Fsp3) is 0.909. The van der Waals surface area contributed by atoms with E-state index in [1.165, 1.54) is 0 Å². The first kappa shape index (κ1) is 14.2. The van der Waals surface area contributed by atoms with Crippen LogP contribution >= 0.6 is 0 Å². The summed E-state index contributed by atoms with van der Waals surface area (Å²) in [5.74, 6) is 0. The van der Waals surface area contributed by atoms with E-state index in [-0.39, 0.29) is 0 Å². The maximum Gasteiger partial charge on any atom is 0.407 e. The lowest BCUT2D eigenvalue weighted by molar-refractivity contribution is -0.0980. The summed E-state index contributed by atoms with van der Waals surface area (Å²) in [5.41, 5.74) is -0.609. The van der Waals surface area contributed by atoms with Gasteiger partial charge in [0, 0.05) is 0 Å². The van der Waals surface area contributed by atoms with Crippen LogP contribution in [0.3, 0.4) is 0 Å². The molecule has 0 radical (unpaired) electrons. The molecule has 0 bridgehead atoms. The Hall–Kier alpha value is -0.850. The van der Waals surface area contributed by atoms with E-state index in [4.69, 9.17) is 4.74 Å². The predicted octanol–water partition coefficient (Wildman–Crippen LogP) is -0.244. The third kappa shape index (κ3) is 4.14. The lowest BCUT2D eigenvalue weighted by Gasteiger charge is -2.35. The van der Waals surface area contributed by atoms with Crippen molar-refractivity contribution in [3.05, 3.63) is 0 Å². The van der Waals surface area contributed by atoms with Crippen LogP contribution in [0, 0.1) is 0 Å². The summed E-state index contributed by atoms with van der Waals surface area (Å²) in [6.07, 6.45) is -3.25. The summed E-state index contributed by atoms with van der Waals surface area (Å²) in [7, 11) is 0. The van der Waals surface area contributed by atoms with Crippen molar-refractivity contribution in [2.24, 2.45) is 0 Å². The zero-order valence-electron chi connectivity index (χ0n) is 10.4. The van der Waals surface area contributed by atoms with Crippen molar-refractivity contribution in [3.8, 4) is 0 Å². The third-order valence-corrected chi connectivity index (χ3v) is 2.63. The molecule has 1 aliphatic carbocycles. The number of alkyl carbamates (subject to hydrolysis) is 1. The number of aliphatic hydroxyl groups excluding tert-OH is 3. The number of amides is 1. The van der Waals surface area contributed by atoms with Gasteiger partial charge in [-0.1, -0.05) is 0 Å². The standard InChI is InChI=1S/C11H21NO5/c1-11(2,3)17-10(16)12-6-4-5-7(13)9(15)8(6)14/h6-9,13-15H,4-5H2,1-3H3,(H,12,16)/t6-,7+,8+,9+/m0/s1. The van der Waals surface area contributed by atoms with Gasteiger partial charge in [-0.3, -0.25) is 0 Å². The van der Waals surface area contributed by atoms with Crippen LogP contribution in [0.1, 0.15) is 33.6 Å². The van der Waals surface area contributed by atoms with Crippen LogP contribution in [0.25, 0.3) is 0 Å². The van der Waals surface area contributed by atoms with Crippen molar-refractivity contribution < 1.29 is 24.9 Å². The van der Waals surface area contributed by atoms with Crippen LogP contribution in [0.15, 0.2) is 0 Å². The molecular weight excluding hydrogens is 226 g/mol. The van der Waals surface area contributed by atoms with Crippen LogP contribution < -0.4 is 5.32 Å². The second-order valence-electron chi connectivity index (χ2n) is 5.38. The molecule has 1 aliphatic rings. The van der Waals surface area contributed by atoms with Gasteiger partial charge in [0.25, 0.3) is 0 Å². The quantitative estimate of drug-likeness (QED) is 0.512. The van der Waals surface area contributed by atoms with Crippen molar-refractivity contribution in [2.75, 3.05) is 0 Å². The SMILES string of the molecule is CC(C)(C)OC(=O)N[C@H]1CC[C@@H](O)[C@@H](O)[C@@H]1O. The van der Waals surface area contributed by atoms with Crippen molar-refractivity contribution >= 4 is 6.09 Å². The molecule has 0 aromatic carbocycles. The first-order valence-corrected chi connectivity index (χ1v) is 5.74. The number of carbonyl (C=O) groups excluding carboxylic acids is 1. The Kier molecular flexibility index (Phi) is 4.35. The van der Waals surface area contributed by atoms with E-state index in [9.17, 15) is 20.1 Å². The summed E-state index contributed by atoms with van der Waals surface area (Å²) in [6.45, 7) is 5.22. The molecule has 1 amide bonds. The van der Waals surface area contributed by atoms with Gasteiger partial charge in [0.1, 0.15) is 17.8 Å². The van der Waals surface area contributed by atoms with E-state index in [1.54, 1.807) is 20.8 Å². The largest absolute Gasteiger partial charge is 0.444 e. The van der Waals surface area contributed by atoms with E-state index in [1.807, 2.05) is 0 Å². The van der Waals surface area contributed by atoms with Crippen LogP contribution in [-0.4, -0.2) is 51.4 Å². The molecule has 6 nitrogen and oxygen atoms in total. The van der Waals surface area contributed by atoms with E-state index in [2.05, 4.69) is 5.32 Å². The molecule has 0 unspecified atom stereocenters. The van der Waals surface area contributed by atoms with Crippen molar-refractivity contribution in [2.45, 2.75) is 63.6 Å². The molecular formula is C11H21NO5. The fourth-order valence-corrected chi connectivity index (χ4v) is 1.77. The van der Waals surface area contributed by atoms with Gasteiger partial charge in [-0.2, -0.15) is 0 Å². The molecule has 0 aromatic rings. The highest BCUT2D eigenvalue weighted by Gasteiger charge is 2.37. The molecule has 17 heavy (non-hydrogen) atoms. The molecule has 6 heteroatoms. The number of nitrogens with one attached hydrogen (secondary N) is 1. The highest BCUT2D eigenvalue weighted by atomic mass is 16.6. The second-order valence-corrected chi connectivity index (χ2v) is 5.38. The molecule has 4 N–H and O–H groups in total. The van der Waals surface area contributed by atoms with Crippen molar-refractivity contribution in [1.82, 2.24) is 5.32 Å². The van der Waals surface area contributed by atoms with Gasteiger partial charge in [0.2, 0.25) is 0 Å². The van der Waals surface area contributed by atoms with Gasteiger partial charge in [-0.05, 0) is 33.6 Å². The highest BCUT2D eigenvalue weighted by molar-refractivity contribution is 5.68. The Morgan fingerprint density at radius 3 is 2.29 bits per heavy atom. The Bertz CT molecular complexity index is 276. The number of aliphatic hydroxyl groups is 3. The van der Waals surface area contributed by atoms with Crippen LogP contribution in [-0.2, 0) is 4.74 Å². The van der Waals surface area contributed by atoms with Gasteiger partial charge >= 0.3 is 6.09 Å². The Morgan fingerprint density at radius 2 is 1.76 bits per heavy atom. The summed E-state index contributed by atoms with van der Waals surface area (Å²) in [4.78, 5) is 11.5.